The van der Waals surface area contributed by atoms with Crippen LogP contribution in [0.25, 0.3) is 0 Å². The Balaban J connectivity index is 2.42. The van der Waals surface area contributed by atoms with Gasteiger partial charge in [-0.3, -0.25) is 4.90 Å². The third-order valence-corrected chi connectivity index (χ3v) is 2.16. The molecule has 0 saturated carbocycles. The van der Waals surface area contributed by atoms with Crippen LogP contribution in [0, 0.1) is 0 Å². The largest absolute Gasteiger partial charge is 0.329 e. The molecule has 64 valence electrons. The van der Waals surface area contributed by atoms with Crippen molar-refractivity contribution in [2.24, 2.45) is 5.73 Å². The van der Waals surface area contributed by atoms with Crippen LogP contribution < -0.4 is 5.73 Å². The molecule has 2 nitrogen and oxygen atoms in total. The molecular formula is C9H18N2. The van der Waals surface area contributed by atoms with E-state index < -0.39 is 0 Å². The number of nitrogens with two attached hydrogens (primary N) is 1. The van der Waals surface area contributed by atoms with Gasteiger partial charge in [-0.25, -0.2) is 0 Å². The van der Waals surface area contributed by atoms with Gasteiger partial charge in [0.25, 0.3) is 0 Å². The number of hydrogen-bond donors (Lipinski definition) is 1. The summed E-state index contributed by atoms with van der Waals surface area (Å²) in [4.78, 5) is 2.46. The predicted octanol–water partition coefficient (Wildman–Crippen LogP) is 0.986. The number of hydrogen-bond acceptors (Lipinski definition) is 2. The molecule has 0 amide bonds. The average molecular weight is 154 g/mol. The minimum absolute atomic E-state index is 0.503. The Morgan fingerprint density at radius 3 is 3.09 bits per heavy atom. The van der Waals surface area contributed by atoms with Crippen molar-refractivity contribution in [1.29, 1.82) is 0 Å². The van der Waals surface area contributed by atoms with E-state index in [0.717, 1.165) is 6.54 Å². The Morgan fingerprint density at radius 1 is 1.64 bits per heavy atom. The molecule has 0 saturated heterocycles. The van der Waals surface area contributed by atoms with E-state index in [-0.39, 0.29) is 0 Å². The van der Waals surface area contributed by atoms with Crippen LogP contribution in [0.15, 0.2) is 12.2 Å². The van der Waals surface area contributed by atoms with E-state index in [9.17, 15) is 0 Å². The molecule has 1 heterocycles. The van der Waals surface area contributed by atoms with Crippen molar-refractivity contribution >= 4 is 0 Å². The second-order valence-corrected chi connectivity index (χ2v) is 3.06. The van der Waals surface area contributed by atoms with E-state index in [1.54, 1.807) is 0 Å². The van der Waals surface area contributed by atoms with Crippen LogP contribution in [0.5, 0.6) is 0 Å². The fourth-order valence-corrected chi connectivity index (χ4v) is 1.57. The molecule has 1 aliphatic heterocycles. The van der Waals surface area contributed by atoms with Crippen LogP contribution in [-0.2, 0) is 0 Å². The van der Waals surface area contributed by atoms with Gasteiger partial charge in [-0.1, -0.05) is 19.1 Å². The van der Waals surface area contributed by atoms with Gasteiger partial charge in [-0.05, 0) is 19.4 Å². The molecule has 0 radical (unpaired) electrons. The molecular weight excluding hydrogens is 136 g/mol. The van der Waals surface area contributed by atoms with Gasteiger partial charge >= 0.3 is 0 Å². The summed E-state index contributed by atoms with van der Waals surface area (Å²) in [6, 6.07) is 0.503. The Bertz CT molecular complexity index is 132. The Hall–Kier alpha value is -0.340. The van der Waals surface area contributed by atoms with Gasteiger partial charge in [-0.15, -0.1) is 0 Å². The number of rotatable bonds is 3. The second-order valence-electron chi connectivity index (χ2n) is 3.06. The first-order valence-corrected chi connectivity index (χ1v) is 4.49. The molecule has 0 bridgehead atoms. The summed E-state index contributed by atoms with van der Waals surface area (Å²) in [5.41, 5.74) is 5.63. The molecule has 0 spiro atoms. The fraction of sp³-hybridized carbons (Fsp3) is 0.778. The summed E-state index contributed by atoms with van der Waals surface area (Å²) in [7, 11) is 0. The van der Waals surface area contributed by atoms with Crippen LogP contribution >= 0.6 is 0 Å². The Morgan fingerprint density at radius 2 is 2.45 bits per heavy atom. The lowest BCUT2D eigenvalue weighted by atomic mass is 10.1. The predicted molar refractivity (Wildman–Crippen MR) is 48.5 cm³/mol. The monoisotopic (exact) mass is 154 g/mol. The molecule has 0 aromatic heterocycles. The van der Waals surface area contributed by atoms with E-state index in [1.165, 1.54) is 25.9 Å². The lowest BCUT2D eigenvalue weighted by Gasteiger charge is -2.30. The van der Waals surface area contributed by atoms with Crippen LogP contribution in [0.3, 0.4) is 0 Å². The maximum Gasteiger partial charge on any atom is 0.0401 e. The molecule has 2 N–H and O–H groups in total. The molecule has 0 aliphatic carbocycles. The Kier molecular flexibility index (Phi) is 3.60. The van der Waals surface area contributed by atoms with E-state index >= 15 is 0 Å². The maximum atomic E-state index is 5.63. The summed E-state index contributed by atoms with van der Waals surface area (Å²) < 4.78 is 0. The highest BCUT2D eigenvalue weighted by molar-refractivity contribution is 4.99. The van der Waals surface area contributed by atoms with Gasteiger partial charge in [-0.2, -0.15) is 0 Å². The highest BCUT2D eigenvalue weighted by Gasteiger charge is 2.14. The standard InChI is InChI=1S/C9H18N2/c1-2-6-11-7-4-3-5-9(11)8-10/h3,5,9H,2,4,6-8,10H2,1H3. The summed E-state index contributed by atoms with van der Waals surface area (Å²) in [5.74, 6) is 0. The van der Waals surface area contributed by atoms with Crippen LogP contribution in [0.4, 0.5) is 0 Å². The van der Waals surface area contributed by atoms with E-state index in [4.69, 9.17) is 5.73 Å². The van der Waals surface area contributed by atoms with Crippen LogP contribution in [-0.4, -0.2) is 30.6 Å². The first kappa shape index (κ1) is 8.75. The molecule has 0 fully saturated rings. The highest BCUT2D eigenvalue weighted by Crippen LogP contribution is 2.08. The topological polar surface area (TPSA) is 29.3 Å². The molecule has 1 rings (SSSR count). The molecule has 2 heteroatoms. The van der Waals surface area contributed by atoms with Gasteiger partial charge in [0.05, 0.1) is 0 Å². The summed E-state index contributed by atoms with van der Waals surface area (Å²) in [5, 5.41) is 0. The van der Waals surface area contributed by atoms with Crippen molar-refractivity contribution in [2.75, 3.05) is 19.6 Å². The van der Waals surface area contributed by atoms with Crippen molar-refractivity contribution < 1.29 is 0 Å². The minimum atomic E-state index is 0.503. The normalized spacial score (nSPS) is 25.8. The minimum Gasteiger partial charge on any atom is -0.329 e. The van der Waals surface area contributed by atoms with Crippen LogP contribution in [0.1, 0.15) is 19.8 Å². The van der Waals surface area contributed by atoms with Gasteiger partial charge in [0.2, 0.25) is 0 Å². The first-order chi connectivity index (χ1) is 5.38. The molecule has 11 heavy (non-hydrogen) atoms. The zero-order chi connectivity index (χ0) is 8.10. The Labute approximate surface area is 69.1 Å². The first-order valence-electron chi connectivity index (χ1n) is 4.49. The van der Waals surface area contributed by atoms with E-state index in [1.807, 2.05) is 0 Å². The zero-order valence-electron chi connectivity index (χ0n) is 7.29. The average Bonchev–Trinajstić information content (AvgIpc) is 2.06. The molecule has 0 aromatic rings. The fourth-order valence-electron chi connectivity index (χ4n) is 1.57. The van der Waals surface area contributed by atoms with Gasteiger partial charge in [0.1, 0.15) is 0 Å². The van der Waals surface area contributed by atoms with E-state index in [0.29, 0.717) is 6.04 Å². The number of nitrogens with zero attached hydrogens (tertiary/aromatic N) is 1. The van der Waals surface area contributed by atoms with Crippen LogP contribution in [0.2, 0.25) is 0 Å². The quantitative estimate of drug-likeness (QED) is 0.614. The van der Waals surface area contributed by atoms with Crippen molar-refractivity contribution in [1.82, 2.24) is 4.90 Å². The van der Waals surface area contributed by atoms with E-state index in [2.05, 4.69) is 24.0 Å². The van der Waals surface area contributed by atoms with Crippen molar-refractivity contribution in [3.63, 3.8) is 0 Å². The third kappa shape index (κ3) is 2.31. The van der Waals surface area contributed by atoms with Gasteiger partial charge < -0.3 is 5.73 Å². The van der Waals surface area contributed by atoms with Gasteiger partial charge in [0.15, 0.2) is 0 Å². The molecule has 1 aliphatic rings. The van der Waals surface area contributed by atoms with Crippen molar-refractivity contribution in [3.05, 3.63) is 12.2 Å². The summed E-state index contributed by atoms with van der Waals surface area (Å²) in [6.07, 6.45) is 6.89. The SMILES string of the molecule is CCCN1CCC=CC1CN. The molecule has 0 aromatic carbocycles. The molecule has 1 atom stereocenters. The van der Waals surface area contributed by atoms with Gasteiger partial charge in [0, 0.05) is 19.1 Å². The lowest BCUT2D eigenvalue weighted by Crippen LogP contribution is -2.42. The highest BCUT2D eigenvalue weighted by atomic mass is 15.2. The second kappa shape index (κ2) is 4.52. The zero-order valence-corrected chi connectivity index (χ0v) is 7.29. The smallest absolute Gasteiger partial charge is 0.0401 e. The third-order valence-electron chi connectivity index (χ3n) is 2.16. The van der Waals surface area contributed by atoms with Crippen molar-refractivity contribution in [2.45, 2.75) is 25.8 Å². The summed E-state index contributed by atoms with van der Waals surface area (Å²) >= 11 is 0. The lowest BCUT2D eigenvalue weighted by molar-refractivity contribution is 0.228. The molecule has 1 unspecified atom stereocenters. The van der Waals surface area contributed by atoms with Crippen molar-refractivity contribution in [3.8, 4) is 0 Å². The maximum absolute atomic E-state index is 5.63. The summed E-state index contributed by atoms with van der Waals surface area (Å²) in [6.45, 7) is 5.35.